The third-order valence-corrected chi connectivity index (χ3v) is 5.51. The number of likely N-dealkylation sites (N-methyl/N-ethyl adjacent to an activating group) is 1. The Balaban J connectivity index is 0.000000257. The van der Waals surface area contributed by atoms with Crippen LogP contribution >= 0.6 is 0 Å². The molecule has 2 heterocycles. The van der Waals surface area contributed by atoms with Crippen molar-refractivity contribution >= 4 is 18.0 Å². The topological polar surface area (TPSA) is 126 Å². The fraction of sp³-hybridized carbons (Fsp3) is 0.625. The van der Waals surface area contributed by atoms with Crippen LogP contribution in [-0.2, 0) is 9.47 Å². The molecule has 1 atom stereocenters. The zero-order valence-electron chi connectivity index (χ0n) is 20.6. The van der Waals surface area contributed by atoms with Crippen LogP contribution in [0.15, 0.2) is 18.2 Å². The van der Waals surface area contributed by atoms with E-state index in [0.29, 0.717) is 18.0 Å². The van der Waals surface area contributed by atoms with Gasteiger partial charge >= 0.3 is 18.0 Å². The van der Waals surface area contributed by atoms with E-state index >= 15 is 0 Å². The van der Waals surface area contributed by atoms with Gasteiger partial charge in [-0.2, -0.15) is 0 Å². The fourth-order valence-electron chi connectivity index (χ4n) is 3.79. The second kappa shape index (κ2) is 12.0. The van der Waals surface area contributed by atoms with Gasteiger partial charge in [0.05, 0.1) is 30.4 Å². The van der Waals surface area contributed by atoms with Gasteiger partial charge in [0.1, 0.15) is 11.4 Å². The third-order valence-electron chi connectivity index (χ3n) is 5.51. The van der Waals surface area contributed by atoms with Crippen molar-refractivity contribution in [1.29, 1.82) is 0 Å². The second-order valence-electron chi connectivity index (χ2n) is 9.50. The summed E-state index contributed by atoms with van der Waals surface area (Å²) in [6, 6.07) is 3.77. The Labute approximate surface area is 200 Å². The van der Waals surface area contributed by atoms with Crippen LogP contribution in [0.25, 0.3) is 0 Å². The molecule has 2 saturated heterocycles. The predicted molar refractivity (Wildman–Crippen MR) is 125 cm³/mol. The van der Waals surface area contributed by atoms with Gasteiger partial charge in [-0.15, -0.1) is 0 Å². The predicted octanol–water partition coefficient (Wildman–Crippen LogP) is 3.20. The second-order valence-corrected chi connectivity index (χ2v) is 9.50. The summed E-state index contributed by atoms with van der Waals surface area (Å²) in [5.74, 6) is -2.25. The Bertz CT molecular complexity index is 859. The van der Waals surface area contributed by atoms with Crippen LogP contribution in [0.4, 0.5) is 4.79 Å². The molecular formula is C24H36N2O8. The number of rotatable bonds is 5. The van der Waals surface area contributed by atoms with E-state index in [1.165, 1.54) is 25.3 Å². The van der Waals surface area contributed by atoms with Gasteiger partial charge in [0.2, 0.25) is 0 Å². The number of likely N-dealkylation sites (tertiary alicyclic amines) is 2. The summed E-state index contributed by atoms with van der Waals surface area (Å²) in [7, 11) is 3.51. The number of carboxylic acid groups (broad SMARTS) is 2. The van der Waals surface area contributed by atoms with Crippen molar-refractivity contribution in [3.8, 4) is 5.75 Å². The maximum atomic E-state index is 12.0. The summed E-state index contributed by atoms with van der Waals surface area (Å²) >= 11 is 0. The van der Waals surface area contributed by atoms with E-state index < -0.39 is 17.5 Å². The minimum Gasteiger partial charge on any atom is -0.497 e. The normalized spacial score (nSPS) is 19.2. The minimum atomic E-state index is -1.29. The smallest absolute Gasteiger partial charge is 0.410 e. The summed E-state index contributed by atoms with van der Waals surface area (Å²) in [5.41, 5.74) is -0.950. The van der Waals surface area contributed by atoms with E-state index in [2.05, 4.69) is 11.9 Å². The number of nitrogens with zero attached hydrogens (tertiary/aromatic N) is 2. The van der Waals surface area contributed by atoms with Crippen molar-refractivity contribution in [2.45, 2.75) is 57.8 Å². The highest BCUT2D eigenvalue weighted by Gasteiger charge is 2.30. The van der Waals surface area contributed by atoms with E-state index in [-0.39, 0.29) is 17.2 Å². The van der Waals surface area contributed by atoms with Crippen LogP contribution in [0, 0.1) is 0 Å². The van der Waals surface area contributed by atoms with Gasteiger partial charge in [0, 0.05) is 26.2 Å². The molecule has 10 heteroatoms. The molecule has 1 aromatic carbocycles. The van der Waals surface area contributed by atoms with Crippen LogP contribution in [0.2, 0.25) is 0 Å². The van der Waals surface area contributed by atoms with Crippen molar-refractivity contribution in [3.63, 3.8) is 0 Å². The Morgan fingerprint density at radius 1 is 0.941 bits per heavy atom. The molecule has 10 nitrogen and oxygen atoms in total. The number of amides is 1. The monoisotopic (exact) mass is 480 g/mol. The molecule has 0 saturated carbocycles. The quantitative estimate of drug-likeness (QED) is 0.653. The summed E-state index contributed by atoms with van der Waals surface area (Å²) in [4.78, 5) is 37.4. The molecule has 1 amide bonds. The maximum absolute atomic E-state index is 12.0. The van der Waals surface area contributed by atoms with Crippen LogP contribution in [0.5, 0.6) is 5.75 Å². The summed E-state index contributed by atoms with van der Waals surface area (Å²) in [5, 5.41) is 17.4. The first-order valence-electron chi connectivity index (χ1n) is 11.4. The Morgan fingerprint density at radius 2 is 1.53 bits per heavy atom. The summed E-state index contributed by atoms with van der Waals surface area (Å²) in [6.45, 7) is 9.34. The first kappa shape index (κ1) is 27.4. The average Bonchev–Trinajstić information content (AvgIpc) is 3.17. The van der Waals surface area contributed by atoms with Gasteiger partial charge in [-0.3, -0.25) is 0 Å². The van der Waals surface area contributed by atoms with E-state index in [1.54, 1.807) is 4.90 Å². The third kappa shape index (κ3) is 8.49. The number of benzene rings is 1. The lowest BCUT2D eigenvalue weighted by atomic mass is 10.1. The highest BCUT2D eigenvalue weighted by atomic mass is 16.6. The Morgan fingerprint density at radius 3 is 2.00 bits per heavy atom. The number of aromatic carboxylic acids is 2. The SMILES string of the molecule is CN1CCC(OC2CCN(C(=O)OC(C)(C)C)CC2)C1.COc1ccc(C(=O)O)c(C(=O)O)c1. The van der Waals surface area contributed by atoms with Gasteiger partial charge in [0.25, 0.3) is 0 Å². The lowest BCUT2D eigenvalue weighted by molar-refractivity contribution is -0.0413. The van der Waals surface area contributed by atoms with Gasteiger partial charge in [0.15, 0.2) is 0 Å². The molecule has 2 aliphatic heterocycles. The van der Waals surface area contributed by atoms with Crippen LogP contribution in [-0.4, -0.2) is 96.2 Å². The number of carbonyl (C=O) groups is 3. The van der Waals surface area contributed by atoms with Gasteiger partial charge in [-0.25, -0.2) is 14.4 Å². The zero-order chi connectivity index (χ0) is 25.5. The Kier molecular flexibility index (Phi) is 9.69. The number of ether oxygens (including phenoxy) is 3. The van der Waals surface area contributed by atoms with E-state index in [0.717, 1.165) is 45.4 Å². The van der Waals surface area contributed by atoms with Gasteiger partial charge in [-0.1, -0.05) is 0 Å². The number of carboxylic acids is 2. The first-order chi connectivity index (χ1) is 15.9. The number of hydrogen-bond acceptors (Lipinski definition) is 7. The molecule has 2 aliphatic rings. The standard InChI is InChI=1S/C15H28N2O3.C9H8O5/c1-15(2,3)20-14(18)17-9-6-12(7-10-17)19-13-5-8-16(4)11-13;1-14-5-2-3-6(8(10)11)7(4-5)9(12)13/h12-13H,5-11H2,1-4H3;2-4H,1H3,(H,10,11)(H,12,13). The molecule has 0 aromatic heterocycles. The van der Waals surface area contributed by atoms with Crippen molar-refractivity contribution in [3.05, 3.63) is 29.3 Å². The first-order valence-corrected chi connectivity index (χ1v) is 11.4. The van der Waals surface area contributed by atoms with Crippen LogP contribution in [0.3, 0.4) is 0 Å². The summed E-state index contributed by atoms with van der Waals surface area (Å²) in [6.07, 6.45) is 3.43. The number of piperidine rings is 1. The van der Waals surface area contributed by atoms with Crippen LogP contribution < -0.4 is 4.74 Å². The molecular weight excluding hydrogens is 444 g/mol. The lowest BCUT2D eigenvalue weighted by Crippen LogP contribution is -2.44. The van der Waals surface area contributed by atoms with E-state index in [1.807, 2.05) is 20.8 Å². The van der Waals surface area contributed by atoms with Crippen molar-refractivity contribution in [2.75, 3.05) is 40.3 Å². The number of methoxy groups -OCH3 is 1. The van der Waals surface area contributed by atoms with E-state index in [4.69, 9.17) is 24.4 Å². The maximum Gasteiger partial charge on any atom is 0.410 e. The fourth-order valence-corrected chi connectivity index (χ4v) is 3.79. The molecule has 0 radical (unpaired) electrons. The molecule has 0 aliphatic carbocycles. The van der Waals surface area contributed by atoms with E-state index in [9.17, 15) is 14.4 Å². The zero-order valence-corrected chi connectivity index (χ0v) is 20.6. The highest BCUT2D eigenvalue weighted by molar-refractivity contribution is 6.01. The van der Waals surface area contributed by atoms with Gasteiger partial charge < -0.3 is 34.2 Å². The van der Waals surface area contributed by atoms with Gasteiger partial charge in [-0.05, 0) is 65.3 Å². The number of carbonyl (C=O) groups excluding carboxylic acids is 1. The molecule has 1 aromatic rings. The minimum absolute atomic E-state index is 0.198. The average molecular weight is 481 g/mol. The van der Waals surface area contributed by atoms with Crippen molar-refractivity contribution in [1.82, 2.24) is 9.80 Å². The molecule has 34 heavy (non-hydrogen) atoms. The molecule has 2 N–H and O–H groups in total. The Hall–Kier alpha value is -2.85. The molecule has 0 spiro atoms. The molecule has 0 bridgehead atoms. The molecule has 190 valence electrons. The largest absolute Gasteiger partial charge is 0.497 e. The van der Waals surface area contributed by atoms with Crippen molar-refractivity contribution in [2.24, 2.45) is 0 Å². The van der Waals surface area contributed by atoms with Crippen molar-refractivity contribution < 1.29 is 38.8 Å². The highest BCUT2D eigenvalue weighted by Crippen LogP contribution is 2.21. The molecule has 2 fully saturated rings. The number of hydrogen-bond donors (Lipinski definition) is 2. The van der Waals surface area contributed by atoms with Crippen LogP contribution in [0.1, 0.15) is 60.7 Å². The molecule has 3 rings (SSSR count). The molecule has 1 unspecified atom stereocenters. The summed E-state index contributed by atoms with van der Waals surface area (Å²) < 4.78 is 16.3. The lowest BCUT2D eigenvalue weighted by Gasteiger charge is -2.34.